The first-order chi connectivity index (χ1) is 8.20. The van der Waals surface area contributed by atoms with Crippen molar-refractivity contribution in [3.8, 4) is 0 Å². The van der Waals surface area contributed by atoms with Gasteiger partial charge >= 0.3 is 0 Å². The van der Waals surface area contributed by atoms with Gasteiger partial charge in [-0.25, -0.2) is 0 Å². The molecule has 0 bridgehead atoms. The molecule has 17 heavy (non-hydrogen) atoms. The lowest BCUT2D eigenvalue weighted by molar-refractivity contribution is -0.126. The molecule has 1 atom stereocenters. The number of nitrogens with zero attached hydrogens (tertiary/aromatic N) is 1. The molecule has 1 aliphatic carbocycles. The highest BCUT2D eigenvalue weighted by atomic mass is 16.5. The molecule has 5 heteroatoms. The molecule has 1 saturated carbocycles. The first kappa shape index (κ1) is 14.4. The van der Waals surface area contributed by atoms with Crippen molar-refractivity contribution in [1.29, 1.82) is 0 Å². The Morgan fingerprint density at radius 3 is 2.82 bits per heavy atom. The van der Waals surface area contributed by atoms with Gasteiger partial charge in [-0.3, -0.25) is 9.69 Å². The van der Waals surface area contributed by atoms with Crippen molar-refractivity contribution >= 4 is 5.91 Å². The number of carbonyl (C=O) groups is 1. The van der Waals surface area contributed by atoms with E-state index in [0.717, 1.165) is 13.0 Å². The zero-order valence-corrected chi connectivity index (χ0v) is 10.9. The first-order valence-corrected chi connectivity index (χ1v) is 6.43. The number of carbonyl (C=O) groups excluding carboxylic acids is 1. The average molecular weight is 243 g/mol. The van der Waals surface area contributed by atoms with E-state index in [4.69, 9.17) is 10.5 Å². The molecular weight excluding hydrogens is 218 g/mol. The molecule has 5 nitrogen and oxygen atoms in total. The second kappa shape index (κ2) is 7.63. The lowest BCUT2D eigenvalue weighted by Gasteiger charge is -2.28. The number of amides is 1. The summed E-state index contributed by atoms with van der Waals surface area (Å²) in [5.74, 6) is 0.0889. The molecule has 0 aromatic heterocycles. The second-order valence-electron chi connectivity index (χ2n) is 4.57. The molecule has 100 valence electrons. The number of hydrogen-bond donors (Lipinski definition) is 2. The zero-order chi connectivity index (χ0) is 12.7. The molecule has 1 unspecified atom stereocenters. The van der Waals surface area contributed by atoms with Gasteiger partial charge in [0.05, 0.1) is 12.6 Å². The van der Waals surface area contributed by atoms with E-state index in [9.17, 15) is 4.79 Å². The summed E-state index contributed by atoms with van der Waals surface area (Å²) in [6, 6.07) is 0.524. The van der Waals surface area contributed by atoms with Crippen LogP contribution in [0.4, 0.5) is 0 Å². The Bertz CT molecular complexity index is 232. The fourth-order valence-corrected chi connectivity index (χ4v) is 1.95. The lowest BCUT2D eigenvalue weighted by Crippen LogP contribution is -2.47. The van der Waals surface area contributed by atoms with Gasteiger partial charge in [-0.2, -0.15) is 0 Å². The summed E-state index contributed by atoms with van der Waals surface area (Å²) in [6.45, 7) is 4.71. The van der Waals surface area contributed by atoms with Crippen LogP contribution in [-0.4, -0.2) is 56.2 Å². The van der Waals surface area contributed by atoms with E-state index in [1.54, 1.807) is 7.11 Å². The topological polar surface area (TPSA) is 67.6 Å². The first-order valence-electron chi connectivity index (χ1n) is 6.43. The molecular formula is C12H25N3O2. The Labute approximate surface area is 104 Å². The predicted molar refractivity (Wildman–Crippen MR) is 67.7 cm³/mol. The minimum Gasteiger partial charge on any atom is -0.383 e. The van der Waals surface area contributed by atoms with E-state index in [2.05, 4.69) is 10.2 Å². The van der Waals surface area contributed by atoms with Crippen molar-refractivity contribution in [3.05, 3.63) is 0 Å². The molecule has 3 N–H and O–H groups in total. The SMILES string of the molecule is COCCNC(=O)C(C)N(CCCN)C1CC1. The predicted octanol–water partition coefficient (Wildman–Crippen LogP) is -0.0493. The van der Waals surface area contributed by atoms with Crippen LogP contribution in [0.1, 0.15) is 26.2 Å². The Balaban J connectivity index is 2.34. The smallest absolute Gasteiger partial charge is 0.237 e. The molecule has 0 heterocycles. The van der Waals surface area contributed by atoms with Gasteiger partial charge in [0.25, 0.3) is 0 Å². The molecule has 1 amide bonds. The van der Waals surface area contributed by atoms with Crippen molar-refractivity contribution in [3.63, 3.8) is 0 Å². The minimum atomic E-state index is -0.0640. The van der Waals surface area contributed by atoms with Crippen LogP contribution in [0.25, 0.3) is 0 Å². The standard InChI is InChI=1S/C12H25N3O2/c1-10(12(16)14-7-9-17-2)15(8-3-6-13)11-4-5-11/h10-11H,3-9,13H2,1-2H3,(H,14,16). The molecule has 1 rings (SSSR count). The Morgan fingerprint density at radius 1 is 1.59 bits per heavy atom. The van der Waals surface area contributed by atoms with E-state index in [1.165, 1.54) is 12.8 Å². The fraction of sp³-hybridized carbons (Fsp3) is 0.917. The monoisotopic (exact) mass is 243 g/mol. The third-order valence-corrected chi connectivity index (χ3v) is 3.12. The van der Waals surface area contributed by atoms with Gasteiger partial charge in [-0.15, -0.1) is 0 Å². The van der Waals surface area contributed by atoms with Crippen LogP contribution in [0.2, 0.25) is 0 Å². The normalized spacial score (nSPS) is 17.2. The zero-order valence-electron chi connectivity index (χ0n) is 10.9. The van der Waals surface area contributed by atoms with Crippen LogP contribution in [0.15, 0.2) is 0 Å². The van der Waals surface area contributed by atoms with Gasteiger partial charge in [-0.05, 0) is 32.7 Å². The third kappa shape index (κ3) is 5.02. The van der Waals surface area contributed by atoms with Crippen molar-refractivity contribution < 1.29 is 9.53 Å². The van der Waals surface area contributed by atoms with Crippen LogP contribution >= 0.6 is 0 Å². The average Bonchev–Trinajstić information content (AvgIpc) is 3.14. The number of methoxy groups -OCH3 is 1. The largest absolute Gasteiger partial charge is 0.383 e. The highest BCUT2D eigenvalue weighted by Gasteiger charge is 2.34. The maximum atomic E-state index is 11.9. The molecule has 0 aliphatic heterocycles. The van der Waals surface area contributed by atoms with Crippen molar-refractivity contribution in [1.82, 2.24) is 10.2 Å². The molecule has 0 spiro atoms. The van der Waals surface area contributed by atoms with Crippen molar-refractivity contribution in [2.24, 2.45) is 5.73 Å². The van der Waals surface area contributed by atoms with Crippen LogP contribution < -0.4 is 11.1 Å². The van der Waals surface area contributed by atoms with Crippen LogP contribution in [-0.2, 0) is 9.53 Å². The van der Waals surface area contributed by atoms with Crippen LogP contribution in [0, 0.1) is 0 Å². The summed E-state index contributed by atoms with van der Waals surface area (Å²) in [7, 11) is 1.63. The lowest BCUT2D eigenvalue weighted by atomic mass is 10.2. The van der Waals surface area contributed by atoms with E-state index in [0.29, 0.717) is 25.7 Å². The summed E-state index contributed by atoms with van der Waals surface area (Å²) < 4.78 is 4.91. The molecule has 1 fully saturated rings. The molecule has 0 aromatic rings. The van der Waals surface area contributed by atoms with Gasteiger partial charge in [0.1, 0.15) is 0 Å². The number of ether oxygens (including phenoxy) is 1. The van der Waals surface area contributed by atoms with Gasteiger partial charge in [0.2, 0.25) is 5.91 Å². The highest BCUT2D eigenvalue weighted by molar-refractivity contribution is 5.81. The van der Waals surface area contributed by atoms with E-state index in [1.807, 2.05) is 6.92 Å². The summed E-state index contributed by atoms with van der Waals surface area (Å²) in [5, 5.41) is 2.89. The summed E-state index contributed by atoms with van der Waals surface area (Å²) in [4.78, 5) is 14.2. The number of nitrogens with one attached hydrogen (secondary N) is 1. The summed E-state index contributed by atoms with van der Waals surface area (Å²) >= 11 is 0. The third-order valence-electron chi connectivity index (χ3n) is 3.12. The van der Waals surface area contributed by atoms with Crippen LogP contribution in [0.5, 0.6) is 0 Å². The van der Waals surface area contributed by atoms with Gasteiger partial charge in [0, 0.05) is 26.2 Å². The van der Waals surface area contributed by atoms with Crippen LogP contribution in [0.3, 0.4) is 0 Å². The number of nitrogens with two attached hydrogens (primary N) is 1. The Kier molecular flexibility index (Phi) is 6.47. The van der Waals surface area contributed by atoms with E-state index >= 15 is 0 Å². The Morgan fingerprint density at radius 2 is 2.29 bits per heavy atom. The maximum Gasteiger partial charge on any atom is 0.237 e. The van der Waals surface area contributed by atoms with Gasteiger partial charge in [-0.1, -0.05) is 0 Å². The minimum absolute atomic E-state index is 0.0640. The van der Waals surface area contributed by atoms with E-state index < -0.39 is 0 Å². The number of hydrogen-bond acceptors (Lipinski definition) is 4. The fourth-order valence-electron chi connectivity index (χ4n) is 1.95. The number of rotatable bonds is 9. The summed E-state index contributed by atoms with van der Waals surface area (Å²) in [5.41, 5.74) is 5.53. The van der Waals surface area contributed by atoms with Crippen molar-refractivity contribution in [2.75, 3.05) is 33.4 Å². The Hall–Kier alpha value is -0.650. The summed E-state index contributed by atoms with van der Waals surface area (Å²) in [6.07, 6.45) is 3.37. The highest BCUT2D eigenvalue weighted by Crippen LogP contribution is 2.28. The van der Waals surface area contributed by atoms with Gasteiger partial charge < -0.3 is 15.8 Å². The molecule has 1 aliphatic rings. The maximum absolute atomic E-state index is 11.9. The van der Waals surface area contributed by atoms with E-state index in [-0.39, 0.29) is 11.9 Å². The molecule has 0 saturated heterocycles. The quantitative estimate of drug-likeness (QED) is 0.557. The van der Waals surface area contributed by atoms with Gasteiger partial charge in [0.15, 0.2) is 0 Å². The molecule has 0 radical (unpaired) electrons. The van der Waals surface area contributed by atoms with Crippen molar-refractivity contribution in [2.45, 2.75) is 38.3 Å². The molecule has 0 aromatic carbocycles. The second-order valence-corrected chi connectivity index (χ2v) is 4.57.